The van der Waals surface area contributed by atoms with Gasteiger partial charge in [0.15, 0.2) is 19.7 Å². The summed E-state index contributed by atoms with van der Waals surface area (Å²) in [5.41, 5.74) is 1.13. The van der Waals surface area contributed by atoms with E-state index in [0.717, 1.165) is 0 Å². The van der Waals surface area contributed by atoms with Crippen molar-refractivity contribution in [2.75, 3.05) is 16.8 Å². The van der Waals surface area contributed by atoms with Gasteiger partial charge in [0.25, 0.3) is 0 Å². The number of amides is 1. The molecule has 0 saturated carbocycles. The lowest BCUT2D eigenvalue weighted by Gasteiger charge is -2.04. The predicted molar refractivity (Wildman–Crippen MR) is 114 cm³/mol. The number of rotatable bonds is 8. The summed E-state index contributed by atoms with van der Waals surface area (Å²) in [5, 5.41) is 10.1. The first-order valence-corrected chi connectivity index (χ1v) is 12.7. The Balaban J connectivity index is 1.65. The molecule has 0 fully saturated rings. The second-order valence-electron chi connectivity index (χ2n) is 6.61. The van der Waals surface area contributed by atoms with E-state index in [0.29, 0.717) is 11.1 Å². The van der Waals surface area contributed by atoms with Crippen LogP contribution in [-0.4, -0.2) is 44.4 Å². The second kappa shape index (κ2) is 8.98. The van der Waals surface area contributed by atoms with Crippen LogP contribution in [0, 0.1) is 0 Å². The lowest BCUT2D eigenvalue weighted by molar-refractivity contribution is -0.115. The molecular weight excluding hydrogens is 442 g/mol. The minimum absolute atomic E-state index is 0.000225. The van der Waals surface area contributed by atoms with E-state index < -0.39 is 25.6 Å². The molecule has 0 aliphatic carbocycles. The highest BCUT2D eigenvalue weighted by Crippen LogP contribution is 2.22. The summed E-state index contributed by atoms with van der Waals surface area (Å²) in [4.78, 5) is 12.6. The van der Waals surface area contributed by atoms with Crippen molar-refractivity contribution in [3.05, 3.63) is 54.1 Å². The fourth-order valence-electron chi connectivity index (χ4n) is 2.69. The molecule has 0 bridgehead atoms. The molecule has 0 unspecified atom stereocenters. The maximum atomic E-state index is 12.2. The normalized spacial score (nSPS) is 11.9. The minimum atomic E-state index is -3.31. The Morgan fingerprint density at radius 2 is 1.35 bits per heavy atom. The van der Waals surface area contributed by atoms with E-state index in [2.05, 4.69) is 15.5 Å². The van der Waals surface area contributed by atoms with E-state index in [-0.39, 0.29) is 39.6 Å². The number of carbonyl (C=O) groups is 1. The number of benzene rings is 2. The third kappa shape index (κ3) is 5.36. The Labute approximate surface area is 180 Å². The second-order valence-corrected chi connectivity index (χ2v) is 11.2. The first-order valence-electron chi connectivity index (χ1n) is 9.43. The summed E-state index contributed by atoms with van der Waals surface area (Å²) in [6.07, 6.45) is -0.00621. The van der Waals surface area contributed by atoms with E-state index in [1.54, 1.807) is 38.1 Å². The number of carbonyl (C=O) groups excluding carboxylic acids is 1. The van der Waals surface area contributed by atoms with Gasteiger partial charge in [0.05, 0.1) is 27.7 Å². The van der Waals surface area contributed by atoms with Crippen LogP contribution in [0.15, 0.2) is 62.7 Å². The SMILES string of the molecule is CCS(=O)(=O)c1ccc(CC(=O)Nc2nnc(-c3ccc(S(=O)(=O)CC)cc3)o2)cc1. The number of hydrogen-bond donors (Lipinski definition) is 1. The molecule has 31 heavy (non-hydrogen) atoms. The third-order valence-electron chi connectivity index (χ3n) is 4.54. The van der Waals surface area contributed by atoms with Crippen molar-refractivity contribution in [1.29, 1.82) is 0 Å². The molecule has 0 spiro atoms. The predicted octanol–water partition coefficient (Wildman–Crippen LogP) is 2.51. The first kappa shape index (κ1) is 22.6. The number of aromatic nitrogens is 2. The fourth-order valence-corrected chi connectivity index (χ4v) is 4.46. The average molecular weight is 464 g/mol. The van der Waals surface area contributed by atoms with Crippen LogP contribution in [0.3, 0.4) is 0 Å². The molecule has 0 saturated heterocycles. The summed E-state index contributed by atoms with van der Waals surface area (Å²) in [6, 6.07) is 12.0. The molecule has 1 aromatic heterocycles. The van der Waals surface area contributed by atoms with Crippen molar-refractivity contribution in [2.24, 2.45) is 0 Å². The Morgan fingerprint density at radius 1 is 0.839 bits per heavy atom. The Hall–Kier alpha value is -3.05. The molecule has 3 aromatic rings. The van der Waals surface area contributed by atoms with Crippen LogP contribution in [0.4, 0.5) is 6.01 Å². The Kier molecular flexibility index (Phi) is 6.56. The van der Waals surface area contributed by atoms with Crippen molar-refractivity contribution in [2.45, 2.75) is 30.1 Å². The van der Waals surface area contributed by atoms with Crippen LogP contribution in [0.2, 0.25) is 0 Å². The molecule has 0 radical (unpaired) electrons. The monoisotopic (exact) mass is 463 g/mol. The van der Waals surface area contributed by atoms with Crippen molar-refractivity contribution < 1.29 is 26.0 Å². The lowest BCUT2D eigenvalue weighted by Crippen LogP contribution is -2.14. The van der Waals surface area contributed by atoms with Crippen LogP contribution >= 0.6 is 0 Å². The average Bonchev–Trinajstić information content (AvgIpc) is 3.22. The zero-order valence-electron chi connectivity index (χ0n) is 16.9. The largest absolute Gasteiger partial charge is 0.403 e. The minimum Gasteiger partial charge on any atom is -0.403 e. The van der Waals surface area contributed by atoms with Gasteiger partial charge in [-0.25, -0.2) is 16.8 Å². The van der Waals surface area contributed by atoms with E-state index in [1.807, 2.05) is 0 Å². The van der Waals surface area contributed by atoms with Gasteiger partial charge in [-0.15, -0.1) is 5.10 Å². The van der Waals surface area contributed by atoms with Gasteiger partial charge in [0, 0.05) is 5.56 Å². The fraction of sp³-hybridized carbons (Fsp3) is 0.250. The highest BCUT2D eigenvalue weighted by molar-refractivity contribution is 7.91. The molecule has 11 heteroatoms. The number of nitrogens with one attached hydrogen (secondary N) is 1. The molecular formula is C20H21N3O6S2. The molecule has 1 amide bonds. The van der Waals surface area contributed by atoms with Crippen molar-refractivity contribution in [3.8, 4) is 11.5 Å². The van der Waals surface area contributed by atoms with Crippen LogP contribution in [0.25, 0.3) is 11.5 Å². The molecule has 9 nitrogen and oxygen atoms in total. The summed E-state index contributed by atoms with van der Waals surface area (Å²) in [5.74, 6) is -0.278. The van der Waals surface area contributed by atoms with Crippen LogP contribution in [0.5, 0.6) is 0 Å². The summed E-state index contributed by atoms with van der Waals surface area (Å²) >= 11 is 0. The summed E-state index contributed by atoms with van der Waals surface area (Å²) < 4.78 is 52.9. The molecule has 1 N–H and O–H groups in total. The van der Waals surface area contributed by atoms with Gasteiger partial charge in [-0.3, -0.25) is 10.1 Å². The third-order valence-corrected chi connectivity index (χ3v) is 8.04. The maximum Gasteiger partial charge on any atom is 0.322 e. The van der Waals surface area contributed by atoms with E-state index >= 15 is 0 Å². The molecule has 0 aliphatic rings. The van der Waals surface area contributed by atoms with Crippen LogP contribution in [-0.2, 0) is 30.9 Å². The summed E-state index contributed by atoms with van der Waals surface area (Å²) in [7, 11) is -6.60. The van der Waals surface area contributed by atoms with Crippen LogP contribution in [0.1, 0.15) is 19.4 Å². The highest BCUT2D eigenvalue weighted by Gasteiger charge is 2.15. The van der Waals surface area contributed by atoms with E-state index in [9.17, 15) is 21.6 Å². The standard InChI is InChI=1S/C20H21N3O6S2/c1-3-30(25,26)16-9-5-14(6-10-16)13-18(24)21-20-23-22-19(29-20)15-7-11-17(12-8-15)31(27,28)4-2/h5-12H,3-4,13H2,1-2H3,(H,21,23,24). The zero-order chi connectivity index (χ0) is 22.6. The number of nitrogens with zero attached hydrogens (tertiary/aromatic N) is 2. The molecule has 3 rings (SSSR count). The van der Waals surface area contributed by atoms with Gasteiger partial charge in [0.1, 0.15) is 0 Å². The van der Waals surface area contributed by atoms with Crippen molar-refractivity contribution in [3.63, 3.8) is 0 Å². The van der Waals surface area contributed by atoms with Crippen molar-refractivity contribution >= 4 is 31.6 Å². The van der Waals surface area contributed by atoms with E-state index in [4.69, 9.17) is 4.42 Å². The maximum absolute atomic E-state index is 12.2. The van der Waals surface area contributed by atoms with E-state index in [1.165, 1.54) is 24.3 Å². The Bertz CT molecular complexity index is 1280. The quantitative estimate of drug-likeness (QED) is 0.538. The van der Waals surface area contributed by atoms with Crippen molar-refractivity contribution in [1.82, 2.24) is 10.2 Å². The van der Waals surface area contributed by atoms with Gasteiger partial charge < -0.3 is 4.42 Å². The van der Waals surface area contributed by atoms with Crippen LogP contribution < -0.4 is 5.32 Å². The molecule has 0 aliphatic heterocycles. The molecule has 0 atom stereocenters. The topological polar surface area (TPSA) is 136 Å². The van der Waals surface area contributed by atoms with Gasteiger partial charge in [-0.05, 0) is 42.0 Å². The summed E-state index contributed by atoms with van der Waals surface area (Å²) in [6.45, 7) is 3.13. The van der Waals surface area contributed by atoms with Gasteiger partial charge >= 0.3 is 6.01 Å². The van der Waals surface area contributed by atoms with Gasteiger partial charge in [-0.1, -0.05) is 31.1 Å². The molecule has 1 heterocycles. The number of hydrogen-bond acceptors (Lipinski definition) is 8. The highest BCUT2D eigenvalue weighted by atomic mass is 32.2. The molecule has 2 aromatic carbocycles. The molecule has 164 valence electrons. The lowest BCUT2D eigenvalue weighted by atomic mass is 10.1. The smallest absolute Gasteiger partial charge is 0.322 e. The Morgan fingerprint density at radius 3 is 1.87 bits per heavy atom. The zero-order valence-corrected chi connectivity index (χ0v) is 18.5. The van der Waals surface area contributed by atoms with Gasteiger partial charge in [-0.2, -0.15) is 0 Å². The number of sulfone groups is 2. The number of anilines is 1. The first-order chi connectivity index (χ1) is 14.6. The van der Waals surface area contributed by atoms with Gasteiger partial charge in [0.2, 0.25) is 11.8 Å².